The number of rotatable bonds is 6. The molecule has 5 aromatic rings. The third-order valence-corrected chi connectivity index (χ3v) is 8.38. The van der Waals surface area contributed by atoms with Crippen LogP contribution in [0.5, 0.6) is 0 Å². The maximum Gasteiger partial charge on any atom is 0.336 e. The van der Waals surface area contributed by atoms with Crippen molar-refractivity contribution >= 4 is 40.1 Å². The number of hydrogen-bond acceptors (Lipinski definition) is 5. The van der Waals surface area contributed by atoms with Gasteiger partial charge in [-0.2, -0.15) is 0 Å². The molecule has 0 aliphatic rings. The average molecular weight is 510 g/mol. The highest BCUT2D eigenvalue weighted by Gasteiger charge is 2.21. The molecular formula is C30H23NO3S2. The molecule has 36 heavy (non-hydrogen) atoms. The molecule has 0 spiro atoms. The van der Waals surface area contributed by atoms with Crippen molar-refractivity contribution in [2.45, 2.75) is 13.8 Å². The Bertz CT molecular complexity index is 1470. The van der Waals surface area contributed by atoms with Crippen molar-refractivity contribution in [3.63, 3.8) is 0 Å². The molecule has 5 rings (SSSR count). The predicted octanol–water partition coefficient (Wildman–Crippen LogP) is 8.27. The van der Waals surface area contributed by atoms with Crippen LogP contribution < -0.4 is 5.73 Å². The number of thiophene rings is 2. The Morgan fingerprint density at radius 2 is 1.11 bits per heavy atom. The van der Waals surface area contributed by atoms with Gasteiger partial charge < -0.3 is 10.8 Å². The van der Waals surface area contributed by atoms with Crippen molar-refractivity contribution in [3.05, 3.63) is 102 Å². The van der Waals surface area contributed by atoms with Gasteiger partial charge in [0.1, 0.15) is 0 Å². The molecule has 0 atom stereocenters. The first-order valence-corrected chi connectivity index (χ1v) is 13.0. The number of carbonyl (C=O) groups is 2. The number of anilines is 1. The zero-order valence-corrected chi connectivity index (χ0v) is 21.4. The number of carbonyl (C=O) groups excluding carboxylic acids is 1. The number of Topliss-reactive ketones (excluding diaryl/α,β-unsaturated/α-hetero) is 1. The minimum absolute atomic E-state index is 0.110. The van der Waals surface area contributed by atoms with E-state index in [4.69, 9.17) is 5.73 Å². The van der Waals surface area contributed by atoms with Gasteiger partial charge in [-0.25, -0.2) is 4.79 Å². The first kappa shape index (κ1) is 23.7. The topological polar surface area (TPSA) is 80.4 Å². The summed E-state index contributed by atoms with van der Waals surface area (Å²) in [7, 11) is 0. The van der Waals surface area contributed by atoms with Gasteiger partial charge in [-0.15, -0.1) is 22.7 Å². The van der Waals surface area contributed by atoms with Gasteiger partial charge >= 0.3 is 5.97 Å². The SMILES string of the molecule is CC(=O)c1cc(-c2ccc(-c3ccc(C)cc3)s2)c(C(=O)O)cc1-c1ccc(-c2ccc(N)cc2)s1. The van der Waals surface area contributed by atoms with E-state index in [1.54, 1.807) is 12.1 Å². The van der Waals surface area contributed by atoms with Gasteiger partial charge in [0.15, 0.2) is 5.78 Å². The number of aryl methyl sites for hydroxylation is 1. The monoisotopic (exact) mass is 509 g/mol. The molecule has 0 fully saturated rings. The fourth-order valence-corrected chi connectivity index (χ4v) is 6.20. The van der Waals surface area contributed by atoms with E-state index in [0.29, 0.717) is 22.4 Å². The molecule has 2 aromatic heterocycles. The summed E-state index contributed by atoms with van der Waals surface area (Å²) in [5.41, 5.74) is 11.6. The molecule has 0 amide bonds. The lowest BCUT2D eigenvalue weighted by Gasteiger charge is -2.12. The average Bonchev–Trinajstić information content (AvgIpc) is 3.55. The summed E-state index contributed by atoms with van der Waals surface area (Å²) in [6, 6.07) is 27.0. The van der Waals surface area contributed by atoms with Crippen LogP contribution in [-0.4, -0.2) is 16.9 Å². The second-order valence-electron chi connectivity index (χ2n) is 8.62. The predicted molar refractivity (Wildman–Crippen MR) is 150 cm³/mol. The molecule has 178 valence electrons. The van der Waals surface area contributed by atoms with E-state index in [0.717, 1.165) is 30.6 Å². The van der Waals surface area contributed by atoms with Crippen molar-refractivity contribution in [2.24, 2.45) is 0 Å². The summed E-state index contributed by atoms with van der Waals surface area (Å²) in [6.45, 7) is 3.56. The van der Waals surface area contributed by atoms with E-state index in [1.807, 2.05) is 55.5 Å². The first-order chi connectivity index (χ1) is 17.3. The molecule has 0 saturated carbocycles. The second kappa shape index (κ2) is 9.57. The van der Waals surface area contributed by atoms with E-state index in [2.05, 4.69) is 24.3 Å². The lowest BCUT2D eigenvalue weighted by atomic mass is 9.94. The van der Waals surface area contributed by atoms with E-state index in [1.165, 1.54) is 35.2 Å². The number of ketones is 1. The Hall–Kier alpha value is -4.00. The van der Waals surface area contributed by atoms with Gasteiger partial charge in [0.25, 0.3) is 0 Å². The van der Waals surface area contributed by atoms with Crippen molar-refractivity contribution < 1.29 is 14.7 Å². The summed E-state index contributed by atoms with van der Waals surface area (Å²) in [6.07, 6.45) is 0. The van der Waals surface area contributed by atoms with Crippen molar-refractivity contribution in [3.8, 4) is 41.8 Å². The van der Waals surface area contributed by atoms with Crippen LogP contribution in [0.15, 0.2) is 84.9 Å². The van der Waals surface area contributed by atoms with Gasteiger partial charge in [0, 0.05) is 41.9 Å². The highest BCUT2D eigenvalue weighted by atomic mass is 32.1. The Morgan fingerprint density at radius 1 is 0.667 bits per heavy atom. The molecule has 4 nitrogen and oxygen atoms in total. The summed E-state index contributed by atoms with van der Waals surface area (Å²) in [5, 5.41) is 10.1. The van der Waals surface area contributed by atoms with Crippen molar-refractivity contribution in [2.75, 3.05) is 5.73 Å². The van der Waals surface area contributed by atoms with E-state index < -0.39 is 5.97 Å². The Labute approximate surface area is 217 Å². The zero-order valence-electron chi connectivity index (χ0n) is 19.7. The number of aromatic carboxylic acids is 1. The Balaban J connectivity index is 1.60. The van der Waals surface area contributed by atoms with Gasteiger partial charge in [-0.05, 0) is 73.5 Å². The number of nitrogens with two attached hydrogens (primary N) is 1. The minimum atomic E-state index is -1.03. The number of nitrogen functional groups attached to an aromatic ring is 1. The fraction of sp³-hybridized carbons (Fsp3) is 0.0667. The lowest BCUT2D eigenvalue weighted by molar-refractivity contribution is 0.0697. The van der Waals surface area contributed by atoms with Crippen LogP contribution in [0.2, 0.25) is 0 Å². The van der Waals surface area contributed by atoms with Gasteiger partial charge in [-0.3, -0.25) is 4.79 Å². The smallest absolute Gasteiger partial charge is 0.336 e. The third-order valence-electron chi connectivity index (χ3n) is 6.04. The van der Waals surface area contributed by atoms with Gasteiger partial charge in [0.2, 0.25) is 0 Å². The molecule has 0 aliphatic heterocycles. The highest BCUT2D eigenvalue weighted by molar-refractivity contribution is 7.19. The molecule has 3 N–H and O–H groups in total. The summed E-state index contributed by atoms with van der Waals surface area (Å²) >= 11 is 3.04. The molecule has 0 bridgehead atoms. The third kappa shape index (κ3) is 4.61. The molecule has 3 aromatic carbocycles. The van der Waals surface area contributed by atoms with Crippen LogP contribution in [-0.2, 0) is 0 Å². The van der Waals surface area contributed by atoms with Crippen LogP contribution in [0.25, 0.3) is 41.8 Å². The standard InChI is InChI=1S/C30H23NO3S2/c1-17-3-5-19(6-4-17)26-12-14-29(36-26)24-15-22(18(2)32)23(16-25(24)30(33)34)28-13-11-27(35-28)20-7-9-21(31)10-8-20/h3-16H,31H2,1-2H3,(H,33,34). The molecule has 2 heterocycles. The van der Waals surface area contributed by atoms with Gasteiger partial charge in [0.05, 0.1) is 5.56 Å². The van der Waals surface area contributed by atoms with E-state index >= 15 is 0 Å². The van der Waals surface area contributed by atoms with Crippen LogP contribution in [0.1, 0.15) is 33.2 Å². The van der Waals surface area contributed by atoms with E-state index in [-0.39, 0.29) is 11.3 Å². The summed E-state index contributed by atoms with van der Waals surface area (Å²) in [5.74, 6) is -1.14. The molecular weight excluding hydrogens is 486 g/mol. The fourth-order valence-electron chi connectivity index (χ4n) is 4.12. The lowest BCUT2D eigenvalue weighted by Crippen LogP contribution is -2.04. The van der Waals surface area contributed by atoms with E-state index in [9.17, 15) is 14.7 Å². The number of hydrogen-bond donors (Lipinski definition) is 2. The number of carboxylic acid groups (broad SMARTS) is 1. The minimum Gasteiger partial charge on any atom is -0.478 e. The number of benzene rings is 3. The second-order valence-corrected chi connectivity index (χ2v) is 10.8. The molecule has 6 heteroatoms. The largest absolute Gasteiger partial charge is 0.478 e. The zero-order chi connectivity index (χ0) is 25.4. The van der Waals surface area contributed by atoms with Crippen LogP contribution >= 0.6 is 22.7 Å². The quantitative estimate of drug-likeness (QED) is 0.178. The summed E-state index contributed by atoms with van der Waals surface area (Å²) in [4.78, 5) is 28.8. The van der Waals surface area contributed by atoms with Crippen molar-refractivity contribution in [1.82, 2.24) is 0 Å². The van der Waals surface area contributed by atoms with Gasteiger partial charge in [-0.1, -0.05) is 42.0 Å². The summed E-state index contributed by atoms with van der Waals surface area (Å²) < 4.78 is 0. The molecule has 0 radical (unpaired) electrons. The number of carboxylic acids is 1. The Kier molecular flexibility index (Phi) is 6.31. The maximum absolute atomic E-state index is 12.7. The normalized spacial score (nSPS) is 10.9. The van der Waals surface area contributed by atoms with Crippen LogP contribution in [0.3, 0.4) is 0 Å². The van der Waals surface area contributed by atoms with Crippen LogP contribution in [0.4, 0.5) is 5.69 Å². The van der Waals surface area contributed by atoms with Crippen molar-refractivity contribution in [1.29, 1.82) is 0 Å². The maximum atomic E-state index is 12.7. The molecule has 0 saturated heterocycles. The Morgan fingerprint density at radius 3 is 1.61 bits per heavy atom. The first-order valence-electron chi connectivity index (χ1n) is 11.4. The van der Waals surface area contributed by atoms with Crippen LogP contribution in [0, 0.1) is 6.92 Å². The molecule has 0 aliphatic carbocycles. The molecule has 0 unspecified atom stereocenters. The highest BCUT2D eigenvalue weighted by Crippen LogP contribution is 2.41.